The van der Waals surface area contributed by atoms with Crippen LogP contribution in [0, 0.1) is 0 Å². The van der Waals surface area contributed by atoms with Crippen LogP contribution < -0.4 is 4.74 Å². The lowest BCUT2D eigenvalue weighted by Crippen LogP contribution is -2.40. The number of pyridine rings is 1. The highest BCUT2D eigenvalue weighted by molar-refractivity contribution is 7.91. The molecule has 0 aromatic carbocycles. The Morgan fingerprint density at radius 1 is 1.58 bits per heavy atom. The number of amides is 1. The van der Waals surface area contributed by atoms with E-state index in [-0.39, 0.29) is 30.1 Å². The molecule has 0 bridgehead atoms. The first-order valence-corrected chi connectivity index (χ1v) is 7.79. The van der Waals surface area contributed by atoms with Crippen molar-refractivity contribution in [2.45, 2.75) is 12.5 Å². The molecule has 1 saturated heterocycles. The molecule has 1 unspecified atom stereocenters. The van der Waals surface area contributed by atoms with Gasteiger partial charge in [0.05, 0.1) is 17.7 Å². The molecule has 0 radical (unpaired) electrons. The molecular formula is C12H16N2O4S. The molecule has 2 rings (SSSR count). The molecule has 6 nitrogen and oxygen atoms in total. The highest BCUT2D eigenvalue weighted by atomic mass is 32.2. The molecule has 1 aromatic heterocycles. The van der Waals surface area contributed by atoms with Crippen molar-refractivity contribution in [3.63, 3.8) is 0 Å². The Morgan fingerprint density at radius 2 is 2.37 bits per heavy atom. The summed E-state index contributed by atoms with van der Waals surface area (Å²) in [5, 5.41) is 0. The summed E-state index contributed by atoms with van der Waals surface area (Å²) in [5.41, 5.74) is 0. The third-order valence-electron chi connectivity index (χ3n) is 3.15. The van der Waals surface area contributed by atoms with Crippen molar-refractivity contribution in [2.24, 2.45) is 0 Å². The van der Waals surface area contributed by atoms with Gasteiger partial charge in [0.15, 0.2) is 16.4 Å². The maximum Gasteiger partial charge on any atom is 0.260 e. The lowest BCUT2D eigenvalue weighted by Gasteiger charge is -2.23. The van der Waals surface area contributed by atoms with Gasteiger partial charge in [-0.05, 0) is 18.6 Å². The number of ether oxygens (including phenoxy) is 1. The third-order valence-corrected chi connectivity index (χ3v) is 4.90. The van der Waals surface area contributed by atoms with E-state index < -0.39 is 9.84 Å². The number of sulfone groups is 1. The molecule has 0 aliphatic carbocycles. The fourth-order valence-corrected chi connectivity index (χ4v) is 3.74. The maximum absolute atomic E-state index is 11.9. The van der Waals surface area contributed by atoms with Gasteiger partial charge >= 0.3 is 0 Å². The van der Waals surface area contributed by atoms with E-state index in [4.69, 9.17) is 4.74 Å². The first kappa shape index (κ1) is 13.8. The van der Waals surface area contributed by atoms with Crippen LogP contribution in [-0.4, -0.2) is 55.4 Å². The van der Waals surface area contributed by atoms with Crippen LogP contribution >= 0.6 is 0 Å². The highest BCUT2D eigenvalue weighted by Gasteiger charge is 2.32. The van der Waals surface area contributed by atoms with Crippen LogP contribution in [0.4, 0.5) is 0 Å². The minimum atomic E-state index is -2.99. The van der Waals surface area contributed by atoms with Gasteiger partial charge in [-0.1, -0.05) is 0 Å². The lowest BCUT2D eigenvalue weighted by atomic mass is 10.2. The predicted octanol–water partition coefficient (Wildman–Crippen LogP) is 0.106. The minimum absolute atomic E-state index is 0.0438. The van der Waals surface area contributed by atoms with Gasteiger partial charge in [-0.15, -0.1) is 0 Å². The molecule has 0 N–H and O–H groups in total. The Balaban J connectivity index is 1.87. The monoisotopic (exact) mass is 284 g/mol. The van der Waals surface area contributed by atoms with Crippen molar-refractivity contribution in [3.8, 4) is 5.75 Å². The molecule has 19 heavy (non-hydrogen) atoms. The minimum Gasteiger partial charge on any atom is -0.482 e. The van der Waals surface area contributed by atoms with Gasteiger partial charge in [-0.3, -0.25) is 9.78 Å². The summed E-state index contributed by atoms with van der Waals surface area (Å²) in [5.74, 6) is 0.482. The van der Waals surface area contributed by atoms with Crippen LogP contribution in [0.15, 0.2) is 24.5 Å². The second-order valence-electron chi connectivity index (χ2n) is 4.54. The predicted molar refractivity (Wildman–Crippen MR) is 69.6 cm³/mol. The van der Waals surface area contributed by atoms with Gasteiger partial charge in [-0.25, -0.2) is 8.42 Å². The van der Waals surface area contributed by atoms with E-state index >= 15 is 0 Å². The summed E-state index contributed by atoms with van der Waals surface area (Å²) >= 11 is 0. The molecule has 104 valence electrons. The molecular weight excluding hydrogens is 268 g/mol. The number of hydrogen-bond acceptors (Lipinski definition) is 5. The van der Waals surface area contributed by atoms with Gasteiger partial charge in [0, 0.05) is 19.3 Å². The number of carbonyl (C=O) groups is 1. The quantitative estimate of drug-likeness (QED) is 0.784. The van der Waals surface area contributed by atoms with Crippen molar-refractivity contribution < 1.29 is 17.9 Å². The van der Waals surface area contributed by atoms with E-state index in [1.165, 1.54) is 11.1 Å². The molecule has 0 saturated carbocycles. The molecule has 7 heteroatoms. The van der Waals surface area contributed by atoms with Crippen LogP contribution in [0.3, 0.4) is 0 Å². The van der Waals surface area contributed by atoms with Gasteiger partial charge in [0.1, 0.15) is 5.75 Å². The van der Waals surface area contributed by atoms with E-state index in [9.17, 15) is 13.2 Å². The second-order valence-corrected chi connectivity index (χ2v) is 6.77. The fraction of sp³-hybridized carbons (Fsp3) is 0.500. The number of hydrogen-bond donors (Lipinski definition) is 0. The van der Waals surface area contributed by atoms with Crippen LogP contribution in [-0.2, 0) is 14.6 Å². The molecule has 1 aliphatic heterocycles. The average molecular weight is 284 g/mol. The van der Waals surface area contributed by atoms with Crippen LogP contribution in [0.1, 0.15) is 6.42 Å². The second kappa shape index (κ2) is 5.56. The van der Waals surface area contributed by atoms with E-state index in [0.717, 1.165) is 0 Å². The summed E-state index contributed by atoms with van der Waals surface area (Å²) in [4.78, 5) is 17.2. The van der Waals surface area contributed by atoms with Crippen molar-refractivity contribution in [2.75, 3.05) is 25.2 Å². The normalized spacial score (nSPS) is 21.0. The smallest absolute Gasteiger partial charge is 0.260 e. The molecule has 0 spiro atoms. The number of rotatable bonds is 4. The Labute approximate surface area is 112 Å². The largest absolute Gasteiger partial charge is 0.482 e. The number of aromatic nitrogens is 1. The van der Waals surface area contributed by atoms with Crippen LogP contribution in [0.25, 0.3) is 0 Å². The standard InChI is InChI=1S/C12H16N2O4S/c1-14(10-4-6-19(16,17)9-10)12(15)8-18-11-3-2-5-13-7-11/h2-3,5,7,10H,4,6,8-9H2,1H3. The zero-order valence-electron chi connectivity index (χ0n) is 10.7. The van der Waals surface area contributed by atoms with Gasteiger partial charge in [0.2, 0.25) is 0 Å². The number of likely N-dealkylation sites (N-methyl/N-ethyl adjacent to an activating group) is 1. The summed E-state index contributed by atoms with van der Waals surface area (Å²) in [7, 11) is -1.37. The molecule has 1 atom stereocenters. The van der Waals surface area contributed by atoms with E-state index in [2.05, 4.69) is 4.98 Å². The zero-order chi connectivity index (χ0) is 13.9. The highest BCUT2D eigenvalue weighted by Crippen LogP contribution is 2.16. The average Bonchev–Trinajstić information content (AvgIpc) is 2.76. The topological polar surface area (TPSA) is 76.6 Å². The maximum atomic E-state index is 11.9. The molecule has 1 fully saturated rings. The first-order valence-electron chi connectivity index (χ1n) is 5.97. The van der Waals surface area contributed by atoms with Gasteiger partial charge in [0.25, 0.3) is 5.91 Å². The van der Waals surface area contributed by atoms with Crippen molar-refractivity contribution in [3.05, 3.63) is 24.5 Å². The zero-order valence-corrected chi connectivity index (χ0v) is 11.5. The Morgan fingerprint density at radius 3 is 2.95 bits per heavy atom. The summed E-state index contributed by atoms with van der Waals surface area (Å²) in [6.07, 6.45) is 3.63. The Hall–Kier alpha value is -1.63. The van der Waals surface area contributed by atoms with Gasteiger partial charge in [-0.2, -0.15) is 0 Å². The van der Waals surface area contributed by atoms with Crippen molar-refractivity contribution >= 4 is 15.7 Å². The summed E-state index contributed by atoms with van der Waals surface area (Å²) in [6, 6.07) is 3.18. The van der Waals surface area contributed by atoms with Crippen LogP contribution in [0.2, 0.25) is 0 Å². The van der Waals surface area contributed by atoms with Crippen LogP contribution in [0.5, 0.6) is 5.75 Å². The Kier molecular flexibility index (Phi) is 4.04. The molecule has 2 heterocycles. The molecule has 1 aromatic rings. The van der Waals surface area contributed by atoms with E-state index in [1.54, 1.807) is 25.4 Å². The van der Waals surface area contributed by atoms with Crippen molar-refractivity contribution in [1.29, 1.82) is 0 Å². The Bertz CT molecular complexity index is 544. The SMILES string of the molecule is CN(C(=O)COc1cccnc1)C1CCS(=O)(=O)C1. The number of carbonyl (C=O) groups excluding carboxylic acids is 1. The fourth-order valence-electron chi connectivity index (χ4n) is 1.96. The number of nitrogens with zero attached hydrogens (tertiary/aromatic N) is 2. The molecule has 1 aliphatic rings. The van der Waals surface area contributed by atoms with Crippen molar-refractivity contribution in [1.82, 2.24) is 9.88 Å². The van der Waals surface area contributed by atoms with Gasteiger partial charge < -0.3 is 9.64 Å². The molecule has 1 amide bonds. The lowest BCUT2D eigenvalue weighted by molar-refractivity contribution is -0.133. The summed E-state index contributed by atoms with van der Waals surface area (Å²) < 4.78 is 28.0. The van der Waals surface area contributed by atoms with E-state index in [1.807, 2.05) is 0 Å². The van der Waals surface area contributed by atoms with E-state index in [0.29, 0.717) is 12.2 Å². The first-order chi connectivity index (χ1) is 8.98. The third kappa shape index (κ3) is 3.66. The summed E-state index contributed by atoms with van der Waals surface area (Å²) in [6.45, 7) is -0.112.